The Kier molecular flexibility index (Phi) is 4.45. The number of rotatable bonds is 4. The van der Waals surface area contributed by atoms with Crippen LogP contribution in [0.25, 0.3) is 0 Å². The van der Waals surface area contributed by atoms with Crippen LogP contribution in [-0.2, 0) is 9.59 Å². The Morgan fingerprint density at radius 3 is 2.60 bits per heavy atom. The first-order valence-electron chi connectivity index (χ1n) is 5.10. The third-order valence-corrected chi connectivity index (χ3v) is 3.92. The van der Waals surface area contributed by atoms with Gasteiger partial charge in [0.05, 0.1) is 0 Å². The minimum absolute atomic E-state index is 0.164. The van der Waals surface area contributed by atoms with E-state index >= 15 is 0 Å². The van der Waals surface area contributed by atoms with Gasteiger partial charge >= 0.3 is 5.97 Å². The number of carbonyl (C=O) groups is 2. The lowest BCUT2D eigenvalue weighted by molar-refractivity contribution is -0.146. The molecule has 0 aromatic heterocycles. The second-order valence-corrected chi connectivity index (χ2v) is 5.07. The first-order chi connectivity index (χ1) is 7.04. The quantitative estimate of drug-likeness (QED) is 0.711. The van der Waals surface area contributed by atoms with Gasteiger partial charge in [-0.15, -0.1) is 0 Å². The van der Waals surface area contributed by atoms with Crippen molar-refractivity contribution in [2.24, 2.45) is 5.92 Å². The highest BCUT2D eigenvalue weighted by atomic mass is 32.2. The van der Waals surface area contributed by atoms with Crippen LogP contribution in [0.1, 0.15) is 26.2 Å². The fraction of sp³-hybridized carbons (Fsp3) is 0.800. The molecule has 86 valence electrons. The summed E-state index contributed by atoms with van der Waals surface area (Å²) in [6.07, 6.45) is 5.09. The summed E-state index contributed by atoms with van der Waals surface area (Å²) in [5.41, 5.74) is 0. The van der Waals surface area contributed by atoms with Crippen molar-refractivity contribution in [3.8, 4) is 0 Å². The van der Waals surface area contributed by atoms with E-state index in [0.717, 1.165) is 19.3 Å². The van der Waals surface area contributed by atoms with Crippen molar-refractivity contribution in [2.45, 2.75) is 37.5 Å². The molecule has 0 aromatic rings. The molecule has 1 fully saturated rings. The van der Waals surface area contributed by atoms with E-state index in [1.807, 2.05) is 11.8 Å². The first-order valence-corrected chi connectivity index (χ1v) is 6.39. The highest BCUT2D eigenvalue weighted by Gasteiger charge is 2.28. The molecule has 2 N–H and O–H groups in total. The zero-order valence-corrected chi connectivity index (χ0v) is 9.84. The average molecular weight is 231 g/mol. The van der Waals surface area contributed by atoms with Gasteiger partial charge in [-0.05, 0) is 32.4 Å². The number of thioether (sulfide) groups is 1. The van der Waals surface area contributed by atoms with Gasteiger partial charge in [0.25, 0.3) is 0 Å². The average Bonchev–Trinajstić information content (AvgIpc) is 2.64. The van der Waals surface area contributed by atoms with Crippen molar-refractivity contribution in [1.29, 1.82) is 0 Å². The molecule has 3 atom stereocenters. The van der Waals surface area contributed by atoms with Gasteiger partial charge in [-0.2, -0.15) is 11.8 Å². The van der Waals surface area contributed by atoms with E-state index in [9.17, 15) is 9.59 Å². The van der Waals surface area contributed by atoms with Crippen LogP contribution in [-0.4, -0.2) is 34.5 Å². The van der Waals surface area contributed by atoms with Crippen LogP contribution in [0.5, 0.6) is 0 Å². The molecule has 0 saturated heterocycles. The Morgan fingerprint density at radius 2 is 2.13 bits per heavy atom. The standard InChI is InChI=1S/C10H17NO3S/c1-6(10(13)14)9(12)11-7-3-4-8(5-7)15-2/h6-8H,3-5H2,1-2H3,(H,11,12)(H,13,14). The van der Waals surface area contributed by atoms with Crippen molar-refractivity contribution in [1.82, 2.24) is 5.32 Å². The summed E-state index contributed by atoms with van der Waals surface area (Å²) in [6, 6.07) is 0.164. The van der Waals surface area contributed by atoms with Gasteiger partial charge in [0.15, 0.2) is 0 Å². The van der Waals surface area contributed by atoms with Crippen LogP contribution >= 0.6 is 11.8 Å². The molecule has 0 heterocycles. The molecule has 4 nitrogen and oxygen atoms in total. The largest absolute Gasteiger partial charge is 0.481 e. The SMILES string of the molecule is CSC1CCC(NC(=O)C(C)C(=O)O)C1. The number of aliphatic carboxylic acids is 1. The second-order valence-electron chi connectivity index (χ2n) is 3.94. The van der Waals surface area contributed by atoms with E-state index < -0.39 is 11.9 Å². The minimum atomic E-state index is -1.06. The Labute approximate surface area is 93.8 Å². The van der Waals surface area contributed by atoms with Crippen LogP contribution in [0, 0.1) is 5.92 Å². The monoisotopic (exact) mass is 231 g/mol. The van der Waals surface area contributed by atoms with Crippen molar-refractivity contribution in [3.05, 3.63) is 0 Å². The second kappa shape index (κ2) is 5.39. The van der Waals surface area contributed by atoms with E-state index in [-0.39, 0.29) is 11.9 Å². The van der Waals surface area contributed by atoms with E-state index in [0.29, 0.717) is 5.25 Å². The number of carboxylic acids is 1. The third-order valence-electron chi connectivity index (χ3n) is 2.83. The molecule has 5 heteroatoms. The first kappa shape index (κ1) is 12.4. The Balaban J connectivity index is 2.36. The number of carboxylic acid groups (broad SMARTS) is 1. The normalized spacial score (nSPS) is 27.3. The molecular formula is C10H17NO3S. The van der Waals surface area contributed by atoms with Crippen molar-refractivity contribution in [2.75, 3.05) is 6.26 Å². The maximum Gasteiger partial charge on any atom is 0.315 e. The predicted molar refractivity (Wildman–Crippen MR) is 59.9 cm³/mol. The number of nitrogens with one attached hydrogen (secondary N) is 1. The van der Waals surface area contributed by atoms with Crippen LogP contribution in [0.4, 0.5) is 0 Å². The number of hydrogen-bond acceptors (Lipinski definition) is 3. The van der Waals surface area contributed by atoms with Gasteiger partial charge in [-0.3, -0.25) is 9.59 Å². The molecule has 1 aliphatic carbocycles. The highest BCUT2D eigenvalue weighted by molar-refractivity contribution is 7.99. The van der Waals surface area contributed by atoms with Gasteiger partial charge in [-0.25, -0.2) is 0 Å². The van der Waals surface area contributed by atoms with Gasteiger partial charge in [-0.1, -0.05) is 0 Å². The van der Waals surface area contributed by atoms with Crippen LogP contribution in [0.15, 0.2) is 0 Å². The maximum atomic E-state index is 11.4. The van der Waals surface area contributed by atoms with Crippen LogP contribution < -0.4 is 5.32 Å². The van der Waals surface area contributed by atoms with Crippen LogP contribution in [0.2, 0.25) is 0 Å². The molecule has 0 bridgehead atoms. The fourth-order valence-corrected chi connectivity index (χ4v) is 2.52. The van der Waals surface area contributed by atoms with Gasteiger partial charge in [0.1, 0.15) is 5.92 Å². The zero-order chi connectivity index (χ0) is 11.4. The molecular weight excluding hydrogens is 214 g/mol. The van der Waals surface area contributed by atoms with Gasteiger partial charge in [0.2, 0.25) is 5.91 Å². The molecule has 1 saturated carbocycles. The van der Waals surface area contributed by atoms with Gasteiger partial charge in [0, 0.05) is 11.3 Å². The minimum Gasteiger partial charge on any atom is -0.481 e. The Morgan fingerprint density at radius 1 is 1.47 bits per heavy atom. The lowest BCUT2D eigenvalue weighted by Gasteiger charge is -2.14. The molecule has 0 spiro atoms. The molecule has 3 unspecified atom stereocenters. The Bertz CT molecular complexity index is 257. The molecule has 0 aliphatic heterocycles. The molecule has 15 heavy (non-hydrogen) atoms. The van der Waals surface area contributed by atoms with Crippen molar-refractivity contribution in [3.63, 3.8) is 0 Å². The highest BCUT2D eigenvalue weighted by Crippen LogP contribution is 2.28. The summed E-state index contributed by atoms with van der Waals surface area (Å²) >= 11 is 1.81. The topological polar surface area (TPSA) is 66.4 Å². The summed E-state index contributed by atoms with van der Waals surface area (Å²) in [5, 5.41) is 12.1. The summed E-state index contributed by atoms with van der Waals surface area (Å²) in [4.78, 5) is 22.0. The molecule has 0 aromatic carbocycles. The maximum absolute atomic E-state index is 11.4. The molecule has 1 rings (SSSR count). The summed E-state index contributed by atoms with van der Waals surface area (Å²) in [6.45, 7) is 1.42. The predicted octanol–water partition coefficient (Wildman–Crippen LogP) is 1.11. The zero-order valence-electron chi connectivity index (χ0n) is 9.03. The van der Waals surface area contributed by atoms with Crippen molar-refractivity contribution >= 4 is 23.6 Å². The molecule has 1 aliphatic rings. The summed E-state index contributed by atoms with van der Waals surface area (Å²) < 4.78 is 0. The van der Waals surface area contributed by atoms with Crippen molar-refractivity contribution < 1.29 is 14.7 Å². The number of carbonyl (C=O) groups excluding carboxylic acids is 1. The smallest absolute Gasteiger partial charge is 0.315 e. The summed E-state index contributed by atoms with van der Waals surface area (Å²) in [5.74, 6) is -2.38. The van der Waals surface area contributed by atoms with E-state index in [4.69, 9.17) is 5.11 Å². The summed E-state index contributed by atoms with van der Waals surface area (Å²) in [7, 11) is 0. The molecule has 0 radical (unpaired) electrons. The fourth-order valence-electron chi connectivity index (χ4n) is 1.72. The van der Waals surface area contributed by atoms with Crippen LogP contribution in [0.3, 0.4) is 0 Å². The number of hydrogen-bond donors (Lipinski definition) is 2. The third kappa shape index (κ3) is 3.41. The Hall–Kier alpha value is -0.710. The molecule has 1 amide bonds. The number of amides is 1. The lowest BCUT2D eigenvalue weighted by Crippen LogP contribution is -2.39. The van der Waals surface area contributed by atoms with E-state index in [2.05, 4.69) is 11.6 Å². The van der Waals surface area contributed by atoms with E-state index in [1.54, 1.807) is 0 Å². The van der Waals surface area contributed by atoms with Gasteiger partial charge < -0.3 is 10.4 Å². The van der Waals surface area contributed by atoms with E-state index in [1.165, 1.54) is 6.92 Å². The lowest BCUT2D eigenvalue weighted by atomic mass is 10.1.